The maximum absolute atomic E-state index is 13.4. The number of nitrogens with zero attached hydrogens (tertiary/aromatic N) is 4. The van der Waals surface area contributed by atoms with E-state index in [1.54, 1.807) is 4.90 Å². The van der Waals surface area contributed by atoms with Gasteiger partial charge in [-0.2, -0.15) is 0 Å². The summed E-state index contributed by atoms with van der Waals surface area (Å²) < 4.78 is 26.3. The highest BCUT2D eigenvalue weighted by Gasteiger charge is 2.35. The fraction of sp³-hybridized carbons (Fsp3) is 0.375. The third kappa shape index (κ3) is 5.14. The van der Waals surface area contributed by atoms with Gasteiger partial charge in [-0.3, -0.25) is 9.36 Å². The second-order valence-electron chi connectivity index (χ2n) is 8.64. The summed E-state index contributed by atoms with van der Waals surface area (Å²) in [6.07, 6.45) is 2.70. The van der Waals surface area contributed by atoms with Crippen LogP contribution in [-0.2, 0) is 21.2 Å². The van der Waals surface area contributed by atoms with Crippen molar-refractivity contribution >= 4 is 27.5 Å². The Kier molecular flexibility index (Phi) is 6.25. The molecule has 1 atom stereocenters. The molecule has 9 heteroatoms. The van der Waals surface area contributed by atoms with Gasteiger partial charge in [0.05, 0.1) is 17.3 Å². The second-order valence-corrected chi connectivity index (χ2v) is 11.8. The standard InChI is InChI=1S/C24H26N4O3S2/c29-22(27(15-18-7-3-1-4-8-18)21-13-14-33(30,31)17-21)16-32-24-26-25-23(19-11-12-19)28(24)20-9-5-2-6-10-20/h1-10,19,21H,11-17H2/t21-/m0/s1. The van der Waals surface area contributed by atoms with Gasteiger partial charge in [-0.1, -0.05) is 60.3 Å². The molecule has 33 heavy (non-hydrogen) atoms. The number of hydrogen-bond donors (Lipinski definition) is 0. The van der Waals surface area contributed by atoms with Crippen LogP contribution in [0.3, 0.4) is 0 Å². The summed E-state index contributed by atoms with van der Waals surface area (Å²) in [6.45, 7) is 0.402. The molecule has 0 unspecified atom stereocenters. The number of para-hydroxylation sites is 1. The van der Waals surface area contributed by atoms with Crippen molar-refractivity contribution in [3.8, 4) is 5.69 Å². The van der Waals surface area contributed by atoms with Crippen LogP contribution in [0.1, 0.15) is 36.6 Å². The number of carbonyl (C=O) groups excluding carboxylic acids is 1. The van der Waals surface area contributed by atoms with Gasteiger partial charge < -0.3 is 4.90 Å². The minimum atomic E-state index is -3.10. The molecule has 2 fully saturated rings. The number of carbonyl (C=O) groups is 1. The average molecular weight is 483 g/mol. The van der Waals surface area contributed by atoms with E-state index in [4.69, 9.17) is 0 Å². The van der Waals surface area contributed by atoms with Crippen molar-refractivity contribution in [2.75, 3.05) is 17.3 Å². The van der Waals surface area contributed by atoms with E-state index in [9.17, 15) is 13.2 Å². The number of aromatic nitrogens is 3. The van der Waals surface area contributed by atoms with Crippen molar-refractivity contribution in [3.63, 3.8) is 0 Å². The first-order chi connectivity index (χ1) is 16.0. The fourth-order valence-electron chi connectivity index (χ4n) is 4.23. The third-order valence-electron chi connectivity index (χ3n) is 6.11. The average Bonchev–Trinajstić information content (AvgIpc) is 3.48. The van der Waals surface area contributed by atoms with Gasteiger partial charge in [0.2, 0.25) is 5.91 Å². The van der Waals surface area contributed by atoms with Gasteiger partial charge in [-0.05, 0) is 37.0 Å². The Hall–Kier alpha value is -2.65. The second kappa shape index (κ2) is 9.30. The Balaban J connectivity index is 1.36. The molecule has 5 rings (SSSR count). The Morgan fingerprint density at radius 1 is 1.00 bits per heavy atom. The molecule has 1 aliphatic carbocycles. The van der Waals surface area contributed by atoms with E-state index in [2.05, 4.69) is 14.8 Å². The number of sulfone groups is 1. The molecule has 7 nitrogen and oxygen atoms in total. The van der Waals surface area contributed by atoms with E-state index in [0.717, 1.165) is 29.9 Å². The van der Waals surface area contributed by atoms with Gasteiger partial charge in [-0.15, -0.1) is 10.2 Å². The lowest BCUT2D eigenvalue weighted by atomic mass is 10.1. The van der Waals surface area contributed by atoms with Gasteiger partial charge in [-0.25, -0.2) is 8.42 Å². The lowest BCUT2D eigenvalue weighted by Crippen LogP contribution is -2.41. The van der Waals surface area contributed by atoms with Crippen LogP contribution in [0.15, 0.2) is 65.8 Å². The highest BCUT2D eigenvalue weighted by molar-refractivity contribution is 7.99. The molecule has 2 heterocycles. The van der Waals surface area contributed by atoms with Crippen LogP contribution in [0.5, 0.6) is 0 Å². The lowest BCUT2D eigenvalue weighted by molar-refractivity contribution is -0.130. The topological polar surface area (TPSA) is 85.2 Å². The quantitative estimate of drug-likeness (QED) is 0.457. The molecule has 0 bridgehead atoms. The van der Waals surface area contributed by atoms with E-state index in [-0.39, 0.29) is 29.2 Å². The number of thioether (sulfide) groups is 1. The smallest absolute Gasteiger partial charge is 0.233 e. The molecule has 1 aliphatic heterocycles. The third-order valence-corrected chi connectivity index (χ3v) is 8.77. The zero-order valence-corrected chi connectivity index (χ0v) is 19.8. The first kappa shape index (κ1) is 22.2. The Bertz CT molecular complexity index is 1230. The van der Waals surface area contributed by atoms with Crippen molar-refractivity contribution in [1.82, 2.24) is 19.7 Å². The van der Waals surface area contributed by atoms with E-state index < -0.39 is 9.84 Å². The van der Waals surface area contributed by atoms with Crippen molar-refractivity contribution in [1.29, 1.82) is 0 Å². The Morgan fingerprint density at radius 3 is 2.33 bits per heavy atom. The SMILES string of the molecule is O=C(CSc1nnc(C2CC2)n1-c1ccccc1)N(Cc1ccccc1)[C@H]1CCS(=O)(=O)C1. The molecular formula is C24H26N4O3S2. The first-order valence-electron chi connectivity index (χ1n) is 11.2. The van der Waals surface area contributed by atoms with Crippen LogP contribution in [0, 0.1) is 0 Å². The molecule has 1 saturated heterocycles. The molecule has 0 spiro atoms. The van der Waals surface area contributed by atoms with Crippen molar-refractivity contribution in [2.45, 2.75) is 42.9 Å². The number of hydrogen-bond acceptors (Lipinski definition) is 6. The van der Waals surface area contributed by atoms with E-state index in [1.807, 2.05) is 60.7 Å². The van der Waals surface area contributed by atoms with Crippen LogP contribution < -0.4 is 0 Å². The molecule has 1 amide bonds. The van der Waals surface area contributed by atoms with Crippen molar-refractivity contribution < 1.29 is 13.2 Å². The number of amides is 1. The minimum absolute atomic E-state index is 0.0300. The van der Waals surface area contributed by atoms with Crippen LogP contribution in [0.25, 0.3) is 5.69 Å². The predicted molar refractivity (Wildman–Crippen MR) is 128 cm³/mol. The fourth-order valence-corrected chi connectivity index (χ4v) is 6.81. The molecule has 1 aromatic heterocycles. The maximum atomic E-state index is 13.4. The van der Waals surface area contributed by atoms with Crippen molar-refractivity contribution in [3.05, 3.63) is 72.1 Å². The molecule has 0 N–H and O–H groups in total. The van der Waals surface area contributed by atoms with Gasteiger partial charge in [0.15, 0.2) is 15.0 Å². The van der Waals surface area contributed by atoms with E-state index >= 15 is 0 Å². The molecular weight excluding hydrogens is 456 g/mol. The van der Waals surface area contributed by atoms with Gasteiger partial charge in [0.1, 0.15) is 5.82 Å². The largest absolute Gasteiger partial charge is 0.334 e. The molecule has 172 valence electrons. The highest BCUT2D eigenvalue weighted by Crippen LogP contribution is 2.41. The van der Waals surface area contributed by atoms with E-state index in [0.29, 0.717) is 24.0 Å². The van der Waals surface area contributed by atoms with Crippen LogP contribution in [-0.4, -0.2) is 57.3 Å². The number of benzene rings is 2. The lowest BCUT2D eigenvalue weighted by Gasteiger charge is -2.28. The summed E-state index contributed by atoms with van der Waals surface area (Å²) in [5.41, 5.74) is 1.98. The van der Waals surface area contributed by atoms with E-state index in [1.165, 1.54) is 11.8 Å². The molecule has 2 aromatic carbocycles. The summed E-state index contributed by atoms with van der Waals surface area (Å²) in [5, 5.41) is 9.52. The normalized spacial score (nSPS) is 19.5. The monoisotopic (exact) mass is 482 g/mol. The zero-order chi connectivity index (χ0) is 22.8. The molecule has 2 aliphatic rings. The van der Waals surface area contributed by atoms with Gasteiger partial charge >= 0.3 is 0 Å². The Labute approximate surface area is 198 Å². The summed E-state index contributed by atoms with van der Waals surface area (Å²) in [4.78, 5) is 15.1. The molecule has 3 aromatic rings. The Morgan fingerprint density at radius 2 is 1.70 bits per heavy atom. The summed E-state index contributed by atoms with van der Waals surface area (Å²) >= 11 is 1.36. The van der Waals surface area contributed by atoms with Crippen molar-refractivity contribution in [2.24, 2.45) is 0 Å². The number of rotatable bonds is 8. The van der Waals surface area contributed by atoms with Crippen LogP contribution >= 0.6 is 11.8 Å². The minimum Gasteiger partial charge on any atom is -0.334 e. The van der Waals surface area contributed by atoms with Crippen LogP contribution in [0.4, 0.5) is 0 Å². The maximum Gasteiger partial charge on any atom is 0.233 e. The predicted octanol–water partition coefficient (Wildman–Crippen LogP) is 3.45. The molecule has 0 radical (unpaired) electrons. The summed E-state index contributed by atoms with van der Waals surface area (Å²) in [5.74, 6) is 1.62. The first-order valence-corrected chi connectivity index (χ1v) is 14.0. The van der Waals surface area contributed by atoms with Gasteiger partial charge in [0, 0.05) is 24.2 Å². The van der Waals surface area contributed by atoms with Crippen LogP contribution in [0.2, 0.25) is 0 Å². The van der Waals surface area contributed by atoms with Gasteiger partial charge in [0.25, 0.3) is 0 Å². The highest BCUT2D eigenvalue weighted by atomic mass is 32.2. The summed E-state index contributed by atoms with van der Waals surface area (Å²) in [7, 11) is -3.10. The summed E-state index contributed by atoms with van der Waals surface area (Å²) in [6, 6.07) is 19.4. The molecule has 1 saturated carbocycles. The zero-order valence-electron chi connectivity index (χ0n) is 18.2.